The van der Waals surface area contributed by atoms with E-state index in [2.05, 4.69) is 11.7 Å². The van der Waals surface area contributed by atoms with Gasteiger partial charge in [-0.1, -0.05) is 25.1 Å². The molecule has 0 aliphatic carbocycles. The first kappa shape index (κ1) is 19.8. The number of hydrogen-bond acceptors (Lipinski definition) is 5. The summed E-state index contributed by atoms with van der Waals surface area (Å²) in [5, 5.41) is 4.21. The molecule has 0 saturated carbocycles. The van der Waals surface area contributed by atoms with Crippen LogP contribution in [0.3, 0.4) is 0 Å². The van der Waals surface area contributed by atoms with Gasteiger partial charge in [-0.05, 0) is 24.1 Å². The molecule has 1 aromatic rings. The Morgan fingerprint density at radius 3 is 2.73 bits per heavy atom. The van der Waals surface area contributed by atoms with E-state index in [1.807, 2.05) is 32.0 Å². The van der Waals surface area contributed by atoms with E-state index in [4.69, 9.17) is 14.3 Å². The topological polar surface area (TPSA) is 60.4 Å². The second-order valence-electron chi connectivity index (χ2n) is 6.72. The number of methoxy groups -OCH3 is 2. The highest BCUT2D eigenvalue weighted by Crippen LogP contribution is 2.29. The van der Waals surface area contributed by atoms with Crippen LogP contribution in [-0.2, 0) is 9.63 Å². The maximum absolute atomic E-state index is 12.4. The van der Waals surface area contributed by atoms with Crippen molar-refractivity contribution in [2.45, 2.75) is 32.8 Å². The predicted octanol–water partition coefficient (Wildman–Crippen LogP) is 3.26. The number of carbonyl (C=O) groups excluding carboxylic acids is 1. The summed E-state index contributed by atoms with van der Waals surface area (Å²) in [7, 11) is 3.21. The average Bonchev–Trinajstić information content (AvgIpc) is 3.08. The van der Waals surface area contributed by atoms with Crippen molar-refractivity contribution in [3.05, 3.63) is 36.4 Å². The molecule has 0 aromatic heterocycles. The van der Waals surface area contributed by atoms with Crippen molar-refractivity contribution < 1.29 is 19.1 Å². The van der Waals surface area contributed by atoms with Gasteiger partial charge in [-0.25, -0.2) is 0 Å². The maximum Gasteiger partial charge on any atom is 0.223 e. The molecule has 1 aliphatic rings. The van der Waals surface area contributed by atoms with Gasteiger partial charge in [0.1, 0.15) is 0 Å². The van der Waals surface area contributed by atoms with E-state index in [1.165, 1.54) is 0 Å². The molecule has 1 atom stereocenters. The first-order valence-corrected chi connectivity index (χ1v) is 8.82. The number of ether oxygens (including phenoxy) is 2. The summed E-state index contributed by atoms with van der Waals surface area (Å²) in [6, 6.07) is 5.66. The van der Waals surface area contributed by atoms with Crippen molar-refractivity contribution >= 4 is 11.6 Å². The van der Waals surface area contributed by atoms with Crippen LogP contribution in [0.2, 0.25) is 0 Å². The zero-order valence-electron chi connectivity index (χ0n) is 16.0. The van der Waals surface area contributed by atoms with E-state index < -0.39 is 0 Å². The van der Waals surface area contributed by atoms with Crippen molar-refractivity contribution in [1.82, 2.24) is 4.90 Å². The molecule has 0 radical (unpaired) electrons. The van der Waals surface area contributed by atoms with Crippen LogP contribution in [0.15, 0.2) is 36.0 Å². The van der Waals surface area contributed by atoms with Gasteiger partial charge in [-0.3, -0.25) is 4.79 Å². The van der Waals surface area contributed by atoms with E-state index in [9.17, 15) is 4.79 Å². The summed E-state index contributed by atoms with van der Waals surface area (Å²) in [6.07, 6.45) is 2.74. The Morgan fingerprint density at radius 2 is 2.12 bits per heavy atom. The lowest BCUT2D eigenvalue weighted by Gasteiger charge is -2.24. The van der Waals surface area contributed by atoms with Crippen LogP contribution < -0.4 is 9.47 Å². The number of rotatable bonds is 9. The molecule has 1 aromatic carbocycles. The summed E-state index contributed by atoms with van der Waals surface area (Å²) in [5.41, 5.74) is 1.76. The van der Waals surface area contributed by atoms with Crippen LogP contribution in [-0.4, -0.2) is 49.9 Å². The zero-order valence-corrected chi connectivity index (χ0v) is 16.0. The maximum atomic E-state index is 12.4. The largest absolute Gasteiger partial charge is 0.493 e. The SMILES string of the molecule is C=CCN(C[C@@H]1CC(c2ccc(OC)c(OC)c2)=NO1)C(=O)CC(C)C. The van der Waals surface area contributed by atoms with Crippen molar-refractivity contribution in [3.8, 4) is 11.5 Å². The number of hydrogen-bond donors (Lipinski definition) is 0. The zero-order chi connectivity index (χ0) is 19.1. The predicted molar refractivity (Wildman–Crippen MR) is 102 cm³/mol. The minimum absolute atomic E-state index is 0.114. The quantitative estimate of drug-likeness (QED) is 0.634. The van der Waals surface area contributed by atoms with Gasteiger partial charge in [0, 0.05) is 24.9 Å². The van der Waals surface area contributed by atoms with E-state index in [-0.39, 0.29) is 12.0 Å². The van der Waals surface area contributed by atoms with Crippen molar-refractivity contribution in [1.29, 1.82) is 0 Å². The lowest BCUT2D eigenvalue weighted by Crippen LogP contribution is -2.38. The summed E-state index contributed by atoms with van der Waals surface area (Å²) < 4.78 is 10.6. The molecule has 0 saturated heterocycles. The third-order valence-corrected chi connectivity index (χ3v) is 4.16. The van der Waals surface area contributed by atoms with Crippen molar-refractivity contribution in [2.24, 2.45) is 11.1 Å². The Labute approximate surface area is 155 Å². The molecular weight excluding hydrogens is 332 g/mol. The standard InChI is InChI=1S/C20H28N2O4/c1-6-9-22(20(23)10-14(2)3)13-16-12-17(21-26-16)15-7-8-18(24-4)19(11-15)25-5/h6-8,11,14,16H,1,9-10,12-13H2,2-5H3/t16-/m0/s1. The smallest absolute Gasteiger partial charge is 0.223 e. The number of carbonyl (C=O) groups is 1. The van der Waals surface area contributed by atoms with E-state index >= 15 is 0 Å². The average molecular weight is 360 g/mol. The highest BCUT2D eigenvalue weighted by molar-refractivity contribution is 6.01. The Bertz CT molecular complexity index is 670. The fraction of sp³-hybridized carbons (Fsp3) is 0.500. The number of amides is 1. The summed E-state index contributed by atoms with van der Waals surface area (Å²) >= 11 is 0. The second kappa shape index (κ2) is 9.27. The van der Waals surface area contributed by atoms with Gasteiger partial charge < -0.3 is 19.2 Å². The van der Waals surface area contributed by atoms with E-state index in [0.29, 0.717) is 43.3 Å². The minimum Gasteiger partial charge on any atom is -0.493 e. The van der Waals surface area contributed by atoms with Crippen LogP contribution in [0.5, 0.6) is 11.5 Å². The van der Waals surface area contributed by atoms with E-state index in [1.54, 1.807) is 25.2 Å². The first-order valence-electron chi connectivity index (χ1n) is 8.82. The number of nitrogens with zero attached hydrogens (tertiary/aromatic N) is 2. The van der Waals surface area contributed by atoms with Crippen LogP contribution in [0.1, 0.15) is 32.3 Å². The van der Waals surface area contributed by atoms with Gasteiger partial charge in [0.2, 0.25) is 5.91 Å². The number of oxime groups is 1. The molecule has 0 spiro atoms. The molecule has 1 aliphatic heterocycles. The highest BCUT2D eigenvalue weighted by Gasteiger charge is 2.27. The molecule has 6 nitrogen and oxygen atoms in total. The van der Waals surface area contributed by atoms with Crippen molar-refractivity contribution in [3.63, 3.8) is 0 Å². The van der Waals surface area contributed by atoms with Gasteiger partial charge in [-0.2, -0.15) is 0 Å². The fourth-order valence-corrected chi connectivity index (χ4v) is 2.87. The summed E-state index contributed by atoms with van der Waals surface area (Å²) in [6.45, 7) is 8.83. The van der Waals surface area contributed by atoms with Crippen LogP contribution in [0.4, 0.5) is 0 Å². The molecule has 0 N–H and O–H groups in total. The van der Waals surface area contributed by atoms with Gasteiger partial charge >= 0.3 is 0 Å². The molecule has 142 valence electrons. The third kappa shape index (κ3) is 5.00. The molecule has 1 amide bonds. The molecule has 26 heavy (non-hydrogen) atoms. The van der Waals surface area contributed by atoms with Crippen LogP contribution in [0, 0.1) is 5.92 Å². The van der Waals surface area contributed by atoms with E-state index in [0.717, 1.165) is 11.3 Å². The number of benzene rings is 1. The molecule has 0 fully saturated rings. The van der Waals surface area contributed by atoms with Gasteiger partial charge in [-0.15, -0.1) is 6.58 Å². The lowest BCUT2D eigenvalue weighted by atomic mass is 10.0. The summed E-state index contributed by atoms with van der Waals surface area (Å²) in [4.78, 5) is 19.7. The van der Waals surface area contributed by atoms with Gasteiger partial charge in [0.05, 0.1) is 26.5 Å². The Kier molecular flexibility index (Phi) is 7.06. The third-order valence-electron chi connectivity index (χ3n) is 4.16. The minimum atomic E-state index is -0.158. The van der Waals surface area contributed by atoms with Crippen LogP contribution >= 0.6 is 0 Å². The monoisotopic (exact) mass is 360 g/mol. The molecule has 0 bridgehead atoms. The highest BCUT2D eigenvalue weighted by atomic mass is 16.6. The Morgan fingerprint density at radius 1 is 1.38 bits per heavy atom. The van der Waals surface area contributed by atoms with Gasteiger partial charge in [0.15, 0.2) is 17.6 Å². The lowest BCUT2D eigenvalue weighted by molar-refractivity contribution is -0.133. The van der Waals surface area contributed by atoms with Gasteiger partial charge in [0.25, 0.3) is 0 Å². The van der Waals surface area contributed by atoms with Crippen LogP contribution in [0.25, 0.3) is 0 Å². The second-order valence-corrected chi connectivity index (χ2v) is 6.72. The molecule has 0 unspecified atom stereocenters. The molecule has 2 rings (SSSR count). The summed E-state index contributed by atoms with van der Waals surface area (Å²) in [5.74, 6) is 1.75. The molecular formula is C20H28N2O4. The normalized spacial score (nSPS) is 16.0. The Hall–Kier alpha value is -2.50. The molecule has 6 heteroatoms. The van der Waals surface area contributed by atoms with Crippen molar-refractivity contribution in [2.75, 3.05) is 27.3 Å². The first-order chi connectivity index (χ1) is 12.5. The Balaban J connectivity index is 2.02. The fourth-order valence-electron chi connectivity index (χ4n) is 2.87. The molecule has 1 heterocycles.